The number of anilines is 1. The summed E-state index contributed by atoms with van der Waals surface area (Å²) < 4.78 is 0. The van der Waals surface area contributed by atoms with Crippen LogP contribution < -0.4 is 4.90 Å². The summed E-state index contributed by atoms with van der Waals surface area (Å²) in [4.78, 5) is 14.1. The molecule has 3 heteroatoms. The van der Waals surface area contributed by atoms with E-state index in [9.17, 15) is 4.79 Å². The number of hydrogen-bond acceptors (Lipinski definition) is 2. The Kier molecular flexibility index (Phi) is 5.24. The summed E-state index contributed by atoms with van der Waals surface area (Å²) in [5.74, 6) is 0.994. The van der Waals surface area contributed by atoms with Crippen molar-refractivity contribution < 1.29 is 4.79 Å². The molecule has 0 aliphatic rings. The topological polar surface area (TPSA) is 20.3 Å². The zero-order chi connectivity index (χ0) is 14.4. The normalized spacial score (nSPS) is 11.9. The lowest BCUT2D eigenvalue weighted by atomic mass is 10.2. The number of para-hydroxylation sites is 1. The highest BCUT2D eigenvalue weighted by atomic mass is 32.2. The van der Waals surface area contributed by atoms with Crippen molar-refractivity contribution in [2.45, 2.75) is 17.9 Å². The lowest BCUT2D eigenvalue weighted by Gasteiger charge is -2.21. The average molecular weight is 285 g/mol. The monoisotopic (exact) mass is 285 g/mol. The van der Waals surface area contributed by atoms with Gasteiger partial charge >= 0.3 is 0 Å². The van der Waals surface area contributed by atoms with E-state index >= 15 is 0 Å². The fourth-order valence-corrected chi connectivity index (χ4v) is 2.85. The zero-order valence-corrected chi connectivity index (χ0v) is 12.6. The number of benzene rings is 2. The molecule has 1 atom stereocenters. The number of carbonyl (C=O) groups excluding carboxylic acids is 1. The number of carbonyl (C=O) groups is 1. The average Bonchev–Trinajstić information content (AvgIpc) is 2.53. The molecule has 0 aliphatic carbocycles. The van der Waals surface area contributed by atoms with Crippen molar-refractivity contribution in [2.75, 3.05) is 11.9 Å². The van der Waals surface area contributed by atoms with Crippen LogP contribution >= 0.6 is 11.8 Å². The van der Waals surface area contributed by atoms with E-state index in [0.717, 1.165) is 11.4 Å². The number of nitrogens with zero attached hydrogens (tertiary/aromatic N) is 1. The van der Waals surface area contributed by atoms with Crippen molar-refractivity contribution in [3.63, 3.8) is 0 Å². The molecule has 0 saturated carbocycles. The first-order valence-corrected chi connectivity index (χ1v) is 7.71. The summed E-state index contributed by atoms with van der Waals surface area (Å²) in [5, 5.41) is -0.0552. The van der Waals surface area contributed by atoms with E-state index in [2.05, 4.69) is 12.1 Å². The van der Waals surface area contributed by atoms with Gasteiger partial charge in [-0.2, -0.15) is 0 Å². The predicted molar refractivity (Wildman–Crippen MR) is 87.1 cm³/mol. The molecule has 0 aliphatic heterocycles. The van der Waals surface area contributed by atoms with E-state index in [1.54, 1.807) is 16.7 Å². The third kappa shape index (κ3) is 3.87. The molecule has 2 aromatic carbocycles. The maximum absolute atomic E-state index is 12.4. The summed E-state index contributed by atoms with van der Waals surface area (Å²) >= 11 is 1.67. The minimum Gasteiger partial charge on any atom is -0.315 e. The van der Waals surface area contributed by atoms with Gasteiger partial charge in [-0.05, 0) is 24.6 Å². The van der Waals surface area contributed by atoms with Crippen LogP contribution in [0.4, 0.5) is 5.69 Å². The SMILES string of the molecule is C[C@@H](SCc1ccccc1)C(=O)N(C)c1ccccc1. The second-order valence-corrected chi connectivity index (χ2v) is 6.00. The number of rotatable bonds is 5. The molecular weight excluding hydrogens is 266 g/mol. The van der Waals surface area contributed by atoms with Crippen molar-refractivity contribution in [3.05, 3.63) is 66.2 Å². The van der Waals surface area contributed by atoms with E-state index in [0.29, 0.717) is 0 Å². The molecule has 20 heavy (non-hydrogen) atoms. The van der Waals surface area contributed by atoms with Crippen LogP contribution in [0.25, 0.3) is 0 Å². The maximum atomic E-state index is 12.4. The molecule has 0 bridgehead atoms. The van der Waals surface area contributed by atoms with Gasteiger partial charge in [0.1, 0.15) is 0 Å². The molecule has 1 amide bonds. The van der Waals surface area contributed by atoms with Crippen LogP contribution in [0.15, 0.2) is 60.7 Å². The van der Waals surface area contributed by atoms with E-state index in [4.69, 9.17) is 0 Å². The molecule has 2 rings (SSSR count). The molecule has 0 unspecified atom stereocenters. The Morgan fingerprint density at radius 1 is 1.05 bits per heavy atom. The van der Waals surface area contributed by atoms with Crippen LogP contribution in [0, 0.1) is 0 Å². The van der Waals surface area contributed by atoms with Gasteiger partial charge in [0.05, 0.1) is 5.25 Å². The molecule has 0 radical (unpaired) electrons. The first-order valence-electron chi connectivity index (χ1n) is 6.66. The van der Waals surface area contributed by atoms with Gasteiger partial charge in [-0.3, -0.25) is 4.79 Å². The lowest BCUT2D eigenvalue weighted by Crippen LogP contribution is -2.33. The predicted octanol–water partition coefficient (Wildman–Crippen LogP) is 3.97. The Morgan fingerprint density at radius 2 is 1.60 bits per heavy atom. The molecule has 0 aromatic heterocycles. The Labute approximate surface area is 124 Å². The third-order valence-corrected chi connectivity index (χ3v) is 4.37. The van der Waals surface area contributed by atoms with Gasteiger partial charge < -0.3 is 4.90 Å². The van der Waals surface area contributed by atoms with Gasteiger partial charge in [0.2, 0.25) is 5.91 Å². The fraction of sp³-hybridized carbons (Fsp3) is 0.235. The molecule has 0 heterocycles. The quantitative estimate of drug-likeness (QED) is 0.828. The molecule has 2 nitrogen and oxygen atoms in total. The van der Waals surface area contributed by atoms with Crippen molar-refractivity contribution >= 4 is 23.4 Å². The van der Waals surface area contributed by atoms with Crippen LogP contribution in [0.5, 0.6) is 0 Å². The maximum Gasteiger partial charge on any atom is 0.239 e. The third-order valence-electron chi connectivity index (χ3n) is 3.16. The smallest absolute Gasteiger partial charge is 0.239 e. The minimum absolute atomic E-state index is 0.0552. The Hall–Kier alpha value is -1.74. The summed E-state index contributed by atoms with van der Waals surface area (Å²) in [5.41, 5.74) is 2.18. The molecule has 0 spiro atoms. The lowest BCUT2D eigenvalue weighted by molar-refractivity contribution is -0.117. The van der Waals surface area contributed by atoms with Crippen LogP contribution in [0.1, 0.15) is 12.5 Å². The van der Waals surface area contributed by atoms with Gasteiger partial charge in [0, 0.05) is 18.5 Å². The summed E-state index contributed by atoms with van der Waals surface area (Å²) in [6.45, 7) is 1.97. The Balaban J connectivity index is 1.92. The molecule has 0 fully saturated rings. The molecule has 0 N–H and O–H groups in total. The van der Waals surface area contributed by atoms with Crippen LogP contribution in [0.2, 0.25) is 0 Å². The highest BCUT2D eigenvalue weighted by Gasteiger charge is 2.18. The number of hydrogen-bond donors (Lipinski definition) is 0. The van der Waals surface area contributed by atoms with E-state index in [-0.39, 0.29) is 11.2 Å². The van der Waals surface area contributed by atoms with Crippen molar-refractivity contribution in [2.24, 2.45) is 0 Å². The Bertz CT molecular complexity index is 541. The van der Waals surface area contributed by atoms with E-state index in [1.165, 1.54) is 5.56 Å². The fourth-order valence-electron chi connectivity index (χ4n) is 1.92. The molecule has 0 saturated heterocycles. The summed E-state index contributed by atoms with van der Waals surface area (Å²) in [6, 6.07) is 20.0. The standard InChI is InChI=1S/C17H19NOS/c1-14(20-13-15-9-5-3-6-10-15)17(19)18(2)16-11-7-4-8-12-16/h3-12,14H,13H2,1-2H3/t14-/m1/s1. The van der Waals surface area contributed by atoms with Crippen LogP contribution in [-0.4, -0.2) is 18.2 Å². The second kappa shape index (κ2) is 7.15. The largest absolute Gasteiger partial charge is 0.315 e. The van der Waals surface area contributed by atoms with E-state index < -0.39 is 0 Å². The highest BCUT2D eigenvalue weighted by molar-refractivity contribution is 7.99. The first kappa shape index (κ1) is 14.7. The van der Waals surface area contributed by atoms with Gasteiger partial charge in [-0.15, -0.1) is 11.8 Å². The zero-order valence-electron chi connectivity index (χ0n) is 11.8. The van der Waals surface area contributed by atoms with Crippen LogP contribution in [0.3, 0.4) is 0 Å². The summed E-state index contributed by atoms with van der Waals surface area (Å²) in [7, 11) is 1.83. The van der Waals surface area contributed by atoms with Crippen molar-refractivity contribution in [1.82, 2.24) is 0 Å². The first-order chi connectivity index (χ1) is 9.68. The second-order valence-electron chi connectivity index (χ2n) is 4.67. The van der Waals surface area contributed by atoms with Gasteiger partial charge in [0.25, 0.3) is 0 Å². The van der Waals surface area contributed by atoms with E-state index in [1.807, 2.05) is 62.5 Å². The molecule has 104 valence electrons. The summed E-state index contributed by atoms with van der Waals surface area (Å²) in [6.07, 6.45) is 0. The van der Waals surface area contributed by atoms with Crippen LogP contribution in [-0.2, 0) is 10.5 Å². The van der Waals surface area contributed by atoms with Crippen molar-refractivity contribution in [1.29, 1.82) is 0 Å². The molecule has 2 aromatic rings. The van der Waals surface area contributed by atoms with Gasteiger partial charge in [-0.25, -0.2) is 0 Å². The highest BCUT2D eigenvalue weighted by Crippen LogP contribution is 2.21. The van der Waals surface area contributed by atoms with Gasteiger partial charge in [-0.1, -0.05) is 48.5 Å². The molecular formula is C17H19NOS. The van der Waals surface area contributed by atoms with Gasteiger partial charge in [0.15, 0.2) is 0 Å². The number of amides is 1. The Morgan fingerprint density at radius 3 is 2.20 bits per heavy atom. The number of thioether (sulfide) groups is 1. The minimum atomic E-state index is -0.0552. The van der Waals surface area contributed by atoms with Crippen molar-refractivity contribution in [3.8, 4) is 0 Å².